The highest BCUT2D eigenvalue weighted by Gasteiger charge is 2.17. The Labute approximate surface area is 164 Å². The van der Waals surface area contributed by atoms with Gasteiger partial charge in [-0.25, -0.2) is 4.79 Å². The molecule has 0 saturated heterocycles. The van der Waals surface area contributed by atoms with Crippen LogP contribution in [0.15, 0.2) is 66.7 Å². The van der Waals surface area contributed by atoms with Gasteiger partial charge >= 0.3 is 5.97 Å². The Hall–Kier alpha value is -3.40. The third kappa shape index (κ3) is 4.46. The Morgan fingerprint density at radius 1 is 0.964 bits per heavy atom. The van der Waals surface area contributed by atoms with E-state index in [1.807, 2.05) is 74.5 Å². The van der Waals surface area contributed by atoms with Crippen molar-refractivity contribution in [3.05, 3.63) is 83.4 Å². The maximum absolute atomic E-state index is 12.3. The Balaban J connectivity index is 1.64. The van der Waals surface area contributed by atoms with E-state index in [0.29, 0.717) is 0 Å². The van der Waals surface area contributed by atoms with Crippen molar-refractivity contribution >= 4 is 34.4 Å². The lowest BCUT2D eigenvalue weighted by Gasteiger charge is -2.14. The van der Waals surface area contributed by atoms with Gasteiger partial charge in [0.05, 0.1) is 0 Å². The van der Waals surface area contributed by atoms with Crippen LogP contribution < -0.4 is 5.32 Å². The standard InChI is InChI=1S/C24H23NO3/c1-16-8-6-13-22(17(16)2)25-24(27)18(3)28-23(26)15-14-20-11-7-10-19-9-4-5-12-21(19)20/h4-15,18H,1-3H3,(H,25,27). The zero-order valence-corrected chi connectivity index (χ0v) is 16.2. The van der Waals surface area contributed by atoms with E-state index < -0.39 is 12.1 Å². The fourth-order valence-corrected chi connectivity index (χ4v) is 2.94. The summed E-state index contributed by atoms with van der Waals surface area (Å²) in [6.45, 7) is 5.48. The number of hydrogen-bond donors (Lipinski definition) is 1. The molecule has 4 nitrogen and oxygen atoms in total. The van der Waals surface area contributed by atoms with Crippen LogP contribution >= 0.6 is 0 Å². The van der Waals surface area contributed by atoms with E-state index in [1.165, 1.54) is 6.08 Å². The minimum Gasteiger partial charge on any atom is -0.449 e. The highest BCUT2D eigenvalue weighted by Crippen LogP contribution is 2.20. The largest absolute Gasteiger partial charge is 0.449 e. The van der Waals surface area contributed by atoms with Crippen LogP contribution in [-0.2, 0) is 14.3 Å². The zero-order chi connectivity index (χ0) is 20.1. The molecule has 0 radical (unpaired) electrons. The number of ether oxygens (including phenoxy) is 1. The summed E-state index contributed by atoms with van der Waals surface area (Å²) >= 11 is 0. The third-order valence-corrected chi connectivity index (χ3v) is 4.75. The van der Waals surface area contributed by atoms with Crippen LogP contribution in [0.3, 0.4) is 0 Å². The van der Waals surface area contributed by atoms with Gasteiger partial charge in [0, 0.05) is 11.8 Å². The van der Waals surface area contributed by atoms with Crippen molar-refractivity contribution in [1.29, 1.82) is 0 Å². The molecule has 3 aromatic carbocycles. The number of esters is 1. The molecular weight excluding hydrogens is 350 g/mol. The van der Waals surface area contributed by atoms with Crippen molar-refractivity contribution in [2.75, 3.05) is 5.32 Å². The van der Waals surface area contributed by atoms with E-state index in [0.717, 1.165) is 33.2 Å². The van der Waals surface area contributed by atoms with Gasteiger partial charge in [0.25, 0.3) is 5.91 Å². The Bertz CT molecular complexity index is 1050. The van der Waals surface area contributed by atoms with Gasteiger partial charge < -0.3 is 10.1 Å². The number of carbonyl (C=O) groups is 2. The molecule has 0 fully saturated rings. The number of amides is 1. The number of anilines is 1. The lowest BCUT2D eigenvalue weighted by atomic mass is 10.0. The summed E-state index contributed by atoms with van der Waals surface area (Å²) in [6, 6.07) is 19.5. The highest BCUT2D eigenvalue weighted by molar-refractivity contribution is 5.98. The van der Waals surface area contributed by atoms with Crippen LogP contribution in [0.2, 0.25) is 0 Å². The fourth-order valence-electron chi connectivity index (χ4n) is 2.94. The minimum absolute atomic E-state index is 0.361. The Kier molecular flexibility index (Phi) is 5.90. The molecule has 0 bridgehead atoms. The van der Waals surface area contributed by atoms with E-state index >= 15 is 0 Å². The van der Waals surface area contributed by atoms with Gasteiger partial charge in [-0.2, -0.15) is 0 Å². The first-order chi connectivity index (χ1) is 13.5. The van der Waals surface area contributed by atoms with Crippen LogP contribution in [0.4, 0.5) is 5.69 Å². The molecule has 4 heteroatoms. The van der Waals surface area contributed by atoms with Gasteiger partial charge in [-0.15, -0.1) is 0 Å². The number of aryl methyl sites for hydroxylation is 1. The average molecular weight is 373 g/mol. The van der Waals surface area contributed by atoms with Crippen LogP contribution in [0, 0.1) is 13.8 Å². The van der Waals surface area contributed by atoms with E-state index in [9.17, 15) is 9.59 Å². The maximum atomic E-state index is 12.3. The topological polar surface area (TPSA) is 55.4 Å². The van der Waals surface area contributed by atoms with Crippen molar-refractivity contribution in [2.45, 2.75) is 26.9 Å². The van der Waals surface area contributed by atoms with Crippen molar-refractivity contribution in [3.63, 3.8) is 0 Å². The average Bonchev–Trinajstić information content (AvgIpc) is 2.69. The molecule has 1 atom stereocenters. The summed E-state index contributed by atoms with van der Waals surface area (Å²) in [7, 11) is 0. The molecule has 142 valence electrons. The molecule has 1 N–H and O–H groups in total. The number of fused-ring (bicyclic) bond motifs is 1. The monoisotopic (exact) mass is 373 g/mol. The molecule has 0 spiro atoms. The van der Waals surface area contributed by atoms with Gasteiger partial charge in [0.15, 0.2) is 6.10 Å². The molecule has 3 rings (SSSR count). The molecule has 3 aromatic rings. The van der Waals surface area contributed by atoms with Gasteiger partial charge in [0.1, 0.15) is 0 Å². The lowest BCUT2D eigenvalue weighted by Crippen LogP contribution is -2.29. The molecule has 1 unspecified atom stereocenters. The quantitative estimate of drug-likeness (QED) is 0.503. The van der Waals surface area contributed by atoms with Crippen LogP contribution in [-0.4, -0.2) is 18.0 Å². The molecule has 0 saturated carbocycles. The van der Waals surface area contributed by atoms with E-state index in [2.05, 4.69) is 5.32 Å². The first-order valence-corrected chi connectivity index (χ1v) is 9.19. The van der Waals surface area contributed by atoms with Crippen molar-refractivity contribution in [2.24, 2.45) is 0 Å². The molecule has 28 heavy (non-hydrogen) atoms. The SMILES string of the molecule is Cc1cccc(NC(=O)C(C)OC(=O)C=Cc2cccc3ccccc23)c1C. The number of nitrogens with one attached hydrogen (secondary N) is 1. The second kappa shape index (κ2) is 8.53. The Morgan fingerprint density at radius 2 is 1.68 bits per heavy atom. The highest BCUT2D eigenvalue weighted by atomic mass is 16.5. The van der Waals surface area contributed by atoms with Gasteiger partial charge in [-0.1, -0.05) is 54.6 Å². The predicted molar refractivity (Wildman–Crippen MR) is 113 cm³/mol. The fraction of sp³-hybridized carbons (Fsp3) is 0.167. The van der Waals surface area contributed by atoms with Crippen LogP contribution in [0.25, 0.3) is 16.8 Å². The van der Waals surface area contributed by atoms with Crippen molar-refractivity contribution in [3.8, 4) is 0 Å². The third-order valence-electron chi connectivity index (χ3n) is 4.75. The Morgan fingerprint density at radius 3 is 2.50 bits per heavy atom. The molecule has 0 aliphatic heterocycles. The zero-order valence-electron chi connectivity index (χ0n) is 16.2. The molecule has 0 heterocycles. The first-order valence-electron chi connectivity index (χ1n) is 9.19. The summed E-state index contributed by atoms with van der Waals surface area (Å²) in [5.74, 6) is -0.919. The van der Waals surface area contributed by atoms with Gasteiger partial charge in [-0.05, 0) is 60.4 Å². The summed E-state index contributed by atoms with van der Waals surface area (Å²) in [4.78, 5) is 24.5. The molecule has 0 aliphatic carbocycles. The van der Waals surface area contributed by atoms with E-state index in [1.54, 1.807) is 13.0 Å². The number of benzene rings is 3. The summed E-state index contributed by atoms with van der Waals surface area (Å²) < 4.78 is 5.25. The summed E-state index contributed by atoms with van der Waals surface area (Å²) in [5, 5.41) is 4.96. The number of carbonyl (C=O) groups excluding carboxylic acids is 2. The lowest BCUT2D eigenvalue weighted by molar-refractivity contribution is -0.148. The smallest absolute Gasteiger partial charge is 0.331 e. The second-order valence-electron chi connectivity index (χ2n) is 6.72. The number of hydrogen-bond acceptors (Lipinski definition) is 3. The van der Waals surface area contributed by atoms with Crippen LogP contribution in [0.1, 0.15) is 23.6 Å². The molecule has 0 aromatic heterocycles. The second-order valence-corrected chi connectivity index (χ2v) is 6.72. The number of rotatable bonds is 5. The molecule has 0 aliphatic rings. The molecule has 1 amide bonds. The van der Waals surface area contributed by atoms with Crippen molar-refractivity contribution in [1.82, 2.24) is 0 Å². The normalized spacial score (nSPS) is 12.1. The maximum Gasteiger partial charge on any atom is 0.331 e. The summed E-state index contributed by atoms with van der Waals surface area (Å²) in [6.07, 6.45) is 2.16. The van der Waals surface area contributed by atoms with E-state index in [4.69, 9.17) is 4.74 Å². The van der Waals surface area contributed by atoms with Crippen molar-refractivity contribution < 1.29 is 14.3 Å². The van der Waals surface area contributed by atoms with Gasteiger partial charge in [-0.3, -0.25) is 4.79 Å². The summed E-state index contributed by atoms with van der Waals surface area (Å²) in [5.41, 5.74) is 3.72. The van der Waals surface area contributed by atoms with Crippen LogP contribution in [0.5, 0.6) is 0 Å². The predicted octanol–water partition coefficient (Wildman–Crippen LogP) is 5.04. The van der Waals surface area contributed by atoms with E-state index in [-0.39, 0.29) is 5.91 Å². The first kappa shape index (κ1) is 19.4. The van der Waals surface area contributed by atoms with Gasteiger partial charge in [0.2, 0.25) is 0 Å². The minimum atomic E-state index is -0.899. The molecular formula is C24H23NO3.